The van der Waals surface area contributed by atoms with Gasteiger partial charge in [0.15, 0.2) is 5.65 Å². The highest BCUT2D eigenvalue weighted by atomic mass is 79.9. The molecule has 0 aliphatic heterocycles. The quantitative estimate of drug-likeness (QED) is 0.781. The van der Waals surface area contributed by atoms with Crippen LogP contribution in [0.15, 0.2) is 22.8 Å². The van der Waals surface area contributed by atoms with E-state index in [-0.39, 0.29) is 0 Å². The summed E-state index contributed by atoms with van der Waals surface area (Å²) < 4.78 is 3.15. The summed E-state index contributed by atoms with van der Waals surface area (Å²) in [5.41, 5.74) is 0.932. The lowest BCUT2D eigenvalue weighted by Gasteiger charge is -2.23. The number of aromatic nitrogens is 3. The Labute approximate surface area is 90.3 Å². The van der Waals surface area contributed by atoms with E-state index in [1.807, 2.05) is 18.3 Å². The van der Waals surface area contributed by atoms with Gasteiger partial charge < -0.3 is 0 Å². The van der Waals surface area contributed by atoms with Crippen LogP contribution in [0.3, 0.4) is 0 Å². The second-order valence-electron chi connectivity index (χ2n) is 3.76. The zero-order valence-corrected chi connectivity index (χ0v) is 9.24. The molecule has 72 valence electrons. The van der Waals surface area contributed by atoms with Crippen LogP contribution < -0.4 is 0 Å². The van der Waals surface area contributed by atoms with Crippen molar-refractivity contribution in [3.05, 3.63) is 28.6 Å². The average Bonchev–Trinajstić information content (AvgIpc) is 2.45. The summed E-state index contributed by atoms with van der Waals surface area (Å²) in [7, 11) is 0. The van der Waals surface area contributed by atoms with E-state index >= 15 is 0 Å². The van der Waals surface area contributed by atoms with Crippen molar-refractivity contribution in [3.8, 4) is 0 Å². The molecule has 2 aromatic heterocycles. The van der Waals surface area contributed by atoms with Crippen molar-refractivity contribution in [1.29, 1.82) is 0 Å². The third-order valence-electron chi connectivity index (χ3n) is 2.87. The van der Waals surface area contributed by atoms with Gasteiger partial charge in [0.05, 0.1) is 0 Å². The maximum Gasteiger partial charge on any atom is 0.161 e. The van der Waals surface area contributed by atoms with Crippen LogP contribution in [-0.2, 0) is 0 Å². The monoisotopic (exact) mass is 251 g/mol. The molecular weight excluding hydrogens is 242 g/mol. The van der Waals surface area contributed by atoms with E-state index < -0.39 is 0 Å². The van der Waals surface area contributed by atoms with Gasteiger partial charge in [-0.3, -0.25) is 4.40 Å². The number of hydrogen-bond donors (Lipinski definition) is 0. The summed E-state index contributed by atoms with van der Waals surface area (Å²) in [6.07, 6.45) is 5.89. The predicted octanol–water partition coefficient (Wildman–Crippen LogP) is 2.76. The van der Waals surface area contributed by atoms with Gasteiger partial charge in [-0.05, 0) is 25.0 Å². The first-order valence-electron chi connectivity index (χ1n) is 4.85. The Balaban J connectivity index is 2.16. The molecule has 14 heavy (non-hydrogen) atoms. The molecule has 2 heterocycles. The van der Waals surface area contributed by atoms with Crippen LogP contribution in [0.1, 0.15) is 31.0 Å². The van der Waals surface area contributed by atoms with Crippen molar-refractivity contribution in [1.82, 2.24) is 14.6 Å². The zero-order chi connectivity index (χ0) is 9.54. The van der Waals surface area contributed by atoms with Crippen molar-refractivity contribution < 1.29 is 0 Å². The molecule has 0 amide bonds. The molecular formula is C10H10BrN3. The van der Waals surface area contributed by atoms with E-state index in [4.69, 9.17) is 0 Å². The Kier molecular flexibility index (Phi) is 1.83. The van der Waals surface area contributed by atoms with Gasteiger partial charge in [-0.15, -0.1) is 10.2 Å². The Morgan fingerprint density at radius 1 is 1.36 bits per heavy atom. The third kappa shape index (κ3) is 1.17. The molecule has 1 fully saturated rings. The SMILES string of the molecule is Brc1ccn2c(C3CCC3)nnc2c1. The van der Waals surface area contributed by atoms with Gasteiger partial charge in [-0.1, -0.05) is 22.4 Å². The summed E-state index contributed by atoms with van der Waals surface area (Å²) in [4.78, 5) is 0. The van der Waals surface area contributed by atoms with E-state index in [9.17, 15) is 0 Å². The Morgan fingerprint density at radius 2 is 2.21 bits per heavy atom. The highest BCUT2D eigenvalue weighted by Crippen LogP contribution is 2.35. The third-order valence-corrected chi connectivity index (χ3v) is 3.36. The standard InChI is InChI=1S/C10H10BrN3/c11-8-4-5-14-9(6-8)12-13-10(14)7-2-1-3-7/h4-7H,1-3H2. The van der Waals surface area contributed by atoms with Gasteiger partial charge in [-0.25, -0.2) is 0 Å². The van der Waals surface area contributed by atoms with Crippen molar-refractivity contribution in [2.75, 3.05) is 0 Å². The molecule has 4 heteroatoms. The van der Waals surface area contributed by atoms with Crippen molar-refractivity contribution >= 4 is 21.6 Å². The molecule has 2 aromatic rings. The fourth-order valence-corrected chi connectivity index (χ4v) is 2.15. The van der Waals surface area contributed by atoms with Gasteiger partial charge >= 0.3 is 0 Å². The van der Waals surface area contributed by atoms with E-state index in [0.717, 1.165) is 15.9 Å². The normalized spacial score (nSPS) is 17.2. The predicted molar refractivity (Wildman–Crippen MR) is 57.3 cm³/mol. The molecule has 0 saturated heterocycles. The molecule has 1 saturated carbocycles. The van der Waals surface area contributed by atoms with Crippen LogP contribution in [0.5, 0.6) is 0 Å². The van der Waals surface area contributed by atoms with Crippen LogP contribution >= 0.6 is 15.9 Å². The first-order chi connectivity index (χ1) is 6.84. The van der Waals surface area contributed by atoms with Crippen molar-refractivity contribution in [2.45, 2.75) is 25.2 Å². The molecule has 3 nitrogen and oxygen atoms in total. The summed E-state index contributed by atoms with van der Waals surface area (Å²) in [6, 6.07) is 4.02. The largest absolute Gasteiger partial charge is 0.286 e. The fraction of sp³-hybridized carbons (Fsp3) is 0.400. The number of pyridine rings is 1. The highest BCUT2D eigenvalue weighted by molar-refractivity contribution is 9.10. The maximum atomic E-state index is 4.25. The van der Waals surface area contributed by atoms with Crippen molar-refractivity contribution in [3.63, 3.8) is 0 Å². The lowest BCUT2D eigenvalue weighted by molar-refractivity contribution is 0.399. The molecule has 0 unspecified atom stereocenters. The maximum absolute atomic E-state index is 4.25. The first kappa shape index (κ1) is 8.41. The average molecular weight is 252 g/mol. The van der Waals surface area contributed by atoms with Crippen molar-refractivity contribution in [2.24, 2.45) is 0 Å². The van der Waals surface area contributed by atoms with Crippen LogP contribution in [0, 0.1) is 0 Å². The molecule has 0 spiro atoms. The van der Waals surface area contributed by atoms with Gasteiger partial charge in [0.1, 0.15) is 5.82 Å². The molecule has 1 aliphatic carbocycles. The van der Waals surface area contributed by atoms with Gasteiger partial charge in [-0.2, -0.15) is 0 Å². The lowest BCUT2D eigenvalue weighted by Crippen LogP contribution is -2.12. The minimum absolute atomic E-state index is 0.631. The summed E-state index contributed by atoms with van der Waals surface area (Å²) >= 11 is 3.43. The topological polar surface area (TPSA) is 30.2 Å². The summed E-state index contributed by atoms with van der Waals surface area (Å²) in [5, 5.41) is 8.42. The van der Waals surface area contributed by atoms with E-state index in [1.165, 1.54) is 19.3 Å². The smallest absolute Gasteiger partial charge is 0.161 e. The van der Waals surface area contributed by atoms with Crippen LogP contribution in [0.25, 0.3) is 5.65 Å². The molecule has 1 aliphatic rings. The van der Waals surface area contributed by atoms with Crippen LogP contribution in [0.4, 0.5) is 0 Å². The number of hydrogen-bond acceptors (Lipinski definition) is 2. The number of rotatable bonds is 1. The van der Waals surface area contributed by atoms with Gasteiger partial charge in [0, 0.05) is 16.6 Å². The lowest BCUT2D eigenvalue weighted by atomic mass is 9.85. The van der Waals surface area contributed by atoms with Crippen LogP contribution in [0.2, 0.25) is 0 Å². The second kappa shape index (κ2) is 3.05. The fourth-order valence-electron chi connectivity index (χ4n) is 1.83. The molecule has 0 N–H and O–H groups in total. The molecule has 0 radical (unpaired) electrons. The number of fused-ring (bicyclic) bond motifs is 1. The van der Waals surface area contributed by atoms with E-state index in [2.05, 4.69) is 30.5 Å². The minimum atomic E-state index is 0.631. The Bertz CT molecular complexity index is 473. The Morgan fingerprint density at radius 3 is 2.93 bits per heavy atom. The highest BCUT2D eigenvalue weighted by Gasteiger charge is 2.24. The van der Waals surface area contributed by atoms with Crippen LogP contribution in [-0.4, -0.2) is 14.6 Å². The molecule has 0 bridgehead atoms. The molecule has 3 rings (SSSR count). The van der Waals surface area contributed by atoms with Gasteiger partial charge in [0.25, 0.3) is 0 Å². The second-order valence-corrected chi connectivity index (χ2v) is 4.67. The summed E-state index contributed by atoms with van der Waals surface area (Å²) in [6.45, 7) is 0. The zero-order valence-electron chi connectivity index (χ0n) is 7.65. The molecule has 0 aromatic carbocycles. The first-order valence-corrected chi connectivity index (χ1v) is 5.64. The van der Waals surface area contributed by atoms with E-state index in [0.29, 0.717) is 5.92 Å². The Hall–Kier alpha value is -0.900. The number of halogens is 1. The minimum Gasteiger partial charge on any atom is -0.286 e. The van der Waals surface area contributed by atoms with E-state index in [1.54, 1.807) is 0 Å². The van der Waals surface area contributed by atoms with Gasteiger partial charge in [0.2, 0.25) is 0 Å². The number of nitrogens with zero attached hydrogens (tertiary/aromatic N) is 3. The molecule has 0 atom stereocenters. The summed E-state index contributed by atoms with van der Waals surface area (Å²) in [5.74, 6) is 1.75.